The van der Waals surface area contributed by atoms with Gasteiger partial charge in [-0.05, 0) is 46.5 Å². The number of anilines is 5. The molecule has 6 rings (SSSR count). The van der Waals surface area contributed by atoms with Gasteiger partial charge in [-0.1, -0.05) is 72.8 Å². The first-order valence-electron chi connectivity index (χ1n) is 9.95. The minimum Gasteiger partial charge on any atom is -0.341 e. The summed E-state index contributed by atoms with van der Waals surface area (Å²) in [7, 11) is 2.17. The molecule has 0 saturated carbocycles. The lowest BCUT2D eigenvalue weighted by Crippen LogP contribution is -2.24. The molecule has 0 saturated heterocycles. The molecule has 29 heavy (non-hydrogen) atoms. The molecule has 0 aliphatic carbocycles. The van der Waals surface area contributed by atoms with E-state index in [9.17, 15) is 0 Å². The molecule has 0 unspecified atom stereocenters. The molecule has 0 radical (unpaired) electrons. The zero-order valence-electron chi connectivity index (χ0n) is 16.2. The third-order valence-electron chi connectivity index (χ3n) is 5.92. The Morgan fingerprint density at radius 3 is 1.90 bits per heavy atom. The van der Waals surface area contributed by atoms with Crippen molar-refractivity contribution in [3.05, 3.63) is 103 Å². The van der Waals surface area contributed by atoms with E-state index in [2.05, 4.69) is 120 Å². The van der Waals surface area contributed by atoms with Crippen LogP contribution in [0, 0.1) is 0 Å². The summed E-state index contributed by atoms with van der Waals surface area (Å²) in [5.41, 5.74) is 6.06. The first kappa shape index (κ1) is 16.2. The first-order valence-corrected chi connectivity index (χ1v) is 9.95. The largest absolute Gasteiger partial charge is 0.341 e. The molecule has 5 aromatic carbocycles. The molecule has 5 aromatic rings. The van der Waals surface area contributed by atoms with Crippen LogP contribution >= 0.6 is 0 Å². The molecule has 0 atom stereocenters. The molecular formula is C27H20N2. The smallest absolute Gasteiger partial charge is 0.0778 e. The lowest BCUT2D eigenvalue weighted by molar-refractivity contribution is 1.14. The number of hydrogen-bond donors (Lipinski definition) is 0. The van der Waals surface area contributed by atoms with Gasteiger partial charge < -0.3 is 9.80 Å². The average molecular weight is 372 g/mol. The first-order chi connectivity index (χ1) is 14.3. The maximum Gasteiger partial charge on any atom is 0.0778 e. The van der Waals surface area contributed by atoms with Gasteiger partial charge in [-0.15, -0.1) is 0 Å². The third-order valence-corrected chi connectivity index (χ3v) is 5.92. The molecule has 0 spiro atoms. The highest BCUT2D eigenvalue weighted by Crippen LogP contribution is 2.54. The third kappa shape index (κ3) is 2.36. The van der Waals surface area contributed by atoms with Gasteiger partial charge in [-0.3, -0.25) is 0 Å². The van der Waals surface area contributed by atoms with E-state index in [0.29, 0.717) is 0 Å². The summed E-state index contributed by atoms with van der Waals surface area (Å²) in [5, 5.41) is 5.03. The molecule has 1 aliphatic heterocycles. The van der Waals surface area contributed by atoms with E-state index < -0.39 is 0 Å². The van der Waals surface area contributed by atoms with E-state index in [1.165, 1.54) is 50.0 Å². The van der Waals surface area contributed by atoms with Crippen LogP contribution in [0.3, 0.4) is 0 Å². The van der Waals surface area contributed by atoms with Crippen LogP contribution in [-0.2, 0) is 0 Å². The minimum atomic E-state index is 1.18. The van der Waals surface area contributed by atoms with Gasteiger partial charge in [0.05, 0.1) is 22.7 Å². The maximum absolute atomic E-state index is 2.42. The Balaban J connectivity index is 1.75. The van der Waals surface area contributed by atoms with Crippen LogP contribution in [0.15, 0.2) is 103 Å². The second-order valence-corrected chi connectivity index (χ2v) is 7.57. The highest BCUT2D eigenvalue weighted by atomic mass is 15.3. The van der Waals surface area contributed by atoms with Gasteiger partial charge in [0.1, 0.15) is 0 Å². The topological polar surface area (TPSA) is 6.48 Å². The van der Waals surface area contributed by atoms with Gasteiger partial charge in [-0.25, -0.2) is 0 Å². The Bertz CT molecular complexity index is 1370. The molecule has 0 bridgehead atoms. The molecule has 138 valence electrons. The van der Waals surface area contributed by atoms with Gasteiger partial charge in [0.25, 0.3) is 0 Å². The lowest BCUT2D eigenvalue weighted by Gasteiger charge is -2.39. The van der Waals surface area contributed by atoms with Crippen molar-refractivity contribution in [2.45, 2.75) is 0 Å². The molecule has 0 aromatic heterocycles. The van der Waals surface area contributed by atoms with Crippen molar-refractivity contribution in [2.24, 2.45) is 0 Å². The van der Waals surface area contributed by atoms with Gasteiger partial charge >= 0.3 is 0 Å². The number of fused-ring (bicyclic) bond motifs is 5. The molecule has 2 heteroatoms. The van der Waals surface area contributed by atoms with E-state index in [-0.39, 0.29) is 0 Å². The predicted molar refractivity (Wildman–Crippen MR) is 124 cm³/mol. The normalized spacial score (nSPS) is 12.9. The van der Waals surface area contributed by atoms with Gasteiger partial charge in [0, 0.05) is 18.1 Å². The molecule has 0 fully saturated rings. The Labute approximate surface area is 170 Å². The summed E-state index contributed by atoms with van der Waals surface area (Å²) >= 11 is 0. The fraction of sp³-hybridized carbons (Fsp3) is 0.0370. The average Bonchev–Trinajstić information content (AvgIpc) is 2.79. The van der Waals surface area contributed by atoms with Crippen LogP contribution in [0.2, 0.25) is 0 Å². The summed E-state index contributed by atoms with van der Waals surface area (Å²) in [4.78, 5) is 4.74. The Morgan fingerprint density at radius 1 is 0.517 bits per heavy atom. The van der Waals surface area contributed by atoms with Gasteiger partial charge in [0.2, 0.25) is 0 Å². The van der Waals surface area contributed by atoms with E-state index in [4.69, 9.17) is 0 Å². The number of para-hydroxylation sites is 1. The predicted octanol–water partition coefficient (Wildman–Crippen LogP) is 7.54. The Morgan fingerprint density at radius 2 is 1.14 bits per heavy atom. The summed E-state index contributed by atoms with van der Waals surface area (Å²) in [6, 6.07) is 37.0. The number of nitrogens with zero attached hydrogens (tertiary/aromatic N) is 2. The fourth-order valence-electron chi connectivity index (χ4n) is 4.51. The van der Waals surface area contributed by atoms with Crippen molar-refractivity contribution < 1.29 is 0 Å². The molecule has 0 amide bonds. The second-order valence-electron chi connectivity index (χ2n) is 7.57. The van der Waals surface area contributed by atoms with E-state index in [1.807, 2.05) is 0 Å². The lowest BCUT2D eigenvalue weighted by atomic mass is 9.98. The highest BCUT2D eigenvalue weighted by molar-refractivity contribution is 6.11. The zero-order valence-corrected chi connectivity index (χ0v) is 16.2. The minimum absolute atomic E-state index is 1.18. The van der Waals surface area contributed by atoms with Crippen molar-refractivity contribution in [3.8, 4) is 0 Å². The van der Waals surface area contributed by atoms with E-state index in [1.54, 1.807) is 0 Å². The van der Waals surface area contributed by atoms with Crippen LogP contribution in [0.1, 0.15) is 0 Å². The fourth-order valence-corrected chi connectivity index (χ4v) is 4.51. The molecule has 2 nitrogen and oxygen atoms in total. The Hall–Kier alpha value is -3.78. The molecular weight excluding hydrogens is 352 g/mol. The van der Waals surface area contributed by atoms with Crippen LogP contribution < -0.4 is 9.80 Å². The maximum atomic E-state index is 2.42. The summed E-state index contributed by atoms with van der Waals surface area (Å²) in [6.45, 7) is 0. The Kier molecular flexibility index (Phi) is 3.41. The zero-order chi connectivity index (χ0) is 19.4. The summed E-state index contributed by atoms with van der Waals surface area (Å²) in [6.07, 6.45) is 0. The molecule has 0 N–H and O–H groups in total. The summed E-state index contributed by atoms with van der Waals surface area (Å²) < 4.78 is 0. The second kappa shape index (κ2) is 6.11. The van der Waals surface area contributed by atoms with Crippen LogP contribution in [-0.4, -0.2) is 7.05 Å². The van der Waals surface area contributed by atoms with Crippen molar-refractivity contribution >= 4 is 50.0 Å². The van der Waals surface area contributed by atoms with Crippen LogP contribution in [0.5, 0.6) is 0 Å². The van der Waals surface area contributed by atoms with Crippen molar-refractivity contribution in [2.75, 3.05) is 16.8 Å². The number of rotatable bonds is 1. The number of hydrogen-bond acceptors (Lipinski definition) is 2. The van der Waals surface area contributed by atoms with Crippen molar-refractivity contribution in [1.82, 2.24) is 0 Å². The van der Waals surface area contributed by atoms with Crippen molar-refractivity contribution in [3.63, 3.8) is 0 Å². The highest BCUT2D eigenvalue weighted by Gasteiger charge is 2.29. The SMILES string of the molecule is CN1c2cc3ccccc3cc2N(c2ccccc2)c2c1ccc1ccccc21. The summed E-state index contributed by atoms with van der Waals surface area (Å²) in [5.74, 6) is 0. The number of benzene rings is 5. The van der Waals surface area contributed by atoms with Crippen LogP contribution in [0.25, 0.3) is 21.5 Å². The molecule has 1 aliphatic rings. The van der Waals surface area contributed by atoms with Gasteiger partial charge in [0.15, 0.2) is 0 Å². The van der Waals surface area contributed by atoms with E-state index >= 15 is 0 Å². The molecule has 1 heterocycles. The van der Waals surface area contributed by atoms with Crippen LogP contribution in [0.4, 0.5) is 28.4 Å². The standard InChI is InChI=1S/C27H20N2/c1-28-24-16-15-19-9-7-8-14-23(19)27(24)29(22-12-3-2-4-13-22)26-18-21-11-6-5-10-20(21)17-25(26)28/h2-18H,1H3. The van der Waals surface area contributed by atoms with Gasteiger partial charge in [-0.2, -0.15) is 0 Å². The van der Waals surface area contributed by atoms with E-state index in [0.717, 1.165) is 0 Å². The quantitative estimate of drug-likeness (QED) is 0.300. The monoisotopic (exact) mass is 372 g/mol. The van der Waals surface area contributed by atoms with Crippen molar-refractivity contribution in [1.29, 1.82) is 0 Å².